The summed E-state index contributed by atoms with van der Waals surface area (Å²) in [5.74, 6) is 1.61. The van der Waals surface area contributed by atoms with Crippen LogP contribution in [0.4, 0.5) is 0 Å². The second-order valence-corrected chi connectivity index (χ2v) is 6.90. The van der Waals surface area contributed by atoms with Gasteiger partial charge in [-0.1, -0.05) is 0 Å². The highest BCUT2D eigenvalue weighted by molar-refractivity contribution is 5.78. The molecule has 0 radical (unpaired) electrons. The van der Waals surface area contributed by atoms with E-state index < -0.39 is 0 Å². The van der Waals surface area contributed by atoms with Gasteiger partial charge in [-0.25, -0.2) is 4.98 Å². The summed E-state index contributed by atoms with van der Waals surface area (Å²) in [5.41, 5.74) is 1.46. The molecule has 1 aromatic rings. The number of likely N-dealkylation sites (tertiary alicyclic amines) is 1. The van der Waals surface area contributed by atoms with Crippen LogP contribution in [0.25, 0.3) is 0 Å². The summed E-state index contributed by atoms with van der Waals surface area (Å²) in [5, 5.41) is 0. The van der Waals surface area contributed by atoms with Crippen molar-refractivity contribution < 1.29 is 4.79 Å². The molecule has 3 heterocycles. The molecule has 1 saturated heterocycles. The molecular formula is C16H22N4O2. The minimum absolute atomic E-state index is 0.0496. The van der Waals surface area contributed by atoms with Gasteiger partial charge in [0.2, 0.25) is 5.91 Å². The van der Waals surface area contributed by atoms with Gasteiger partial charge in [-0.2, -0.15) is 0 Å². The lowest BCUT2D eigenvalue weighted by molar-refractivity contribution is -0.133. The highest BCUT2D eigenvalue weighted by Gasteiger charge is 2.39. The van der Waals surface area contributed by atoms with Crippen LogP contribution < -0.4 is 5.56 Å². The molecule has 2 bridgehead atoms. The topological polar surface area (TPSA) is 69.3 Å². The quantitative estimate of drug-likeness (QED) is 0.861. The van der Waals surface area contributed by atoms with Crippen LogP contribution in [-0.4, -0.2) is 51.4 Å². The van der Waals surface area contributed by atoms with E-state index in [0.29, 0.717) is 37.9 Å². The zero-order valence-electron chi connectivity index (χ0n) is 13.0. The molecule has 4 rings (SSSR count). The van der Waals surface area contributed by atoms with E-state index in [-0.39, 0.29) is 11.5 Å². The highest BCUT2D eigenvalue weighted by Crippen LogP contribution is 2.37. The van der Waals surface area contributed by atoms with Gasteiger partial charge < -0.3 is 9.88 Å². The molecule has 0 aromatic carbocycles. The second-order valence-electron chi connectivity index (χ2n) is 6.90. The maximum atomic E-state index is 12.6. The molecule has 1 aliphatic carbocycles. The van der Waals surface area contributed by atoms with Crippen LogP contribution >= 0.6 is 0 Å². The van der Waals surface area contributed by atoms with Gasteiger partial charge in [-0.15, -0.1) is 0 Å². The lowest BCUT2D eigenvalue weighted by Gasteiger charge is -2.32. The van der Waals surface area contributed by atoms with Crippen molar-refractivity contribution in [2.45, 2.75) is 45.2 Å². The average molecular weight is 302 g/mol. The lowest BCUT2D eigenvalue weighted by atomic mass is 10.1. The smallest absolute Gasteiger partial charge is 0.254 e. The number of aryl methyl sites for hydroxylation is 1. The minimum atomic E-state index is -0.0496. The molecule has 2 fully saturated rings. The van der Waals surface area contributed by atoms with Gasteiger partial charge in [0.05, 0.1) is 18.8 Å². The van der Waals surface area contributed by atoms with E-state index in [9.17, 15) is 9.59 Å². The van der Waals surface area contributed by atoms with E-state index in [0.717, 1.165) is 23.7 Å². The maximum Gasteiger partial charge on any atom is 0.254 e. The van der Waals surface area contributed by atoms with Crippen LogP contribution in [0.2, 0.25) is 0 Å². The Morgan fingerprint density at radius 1 is 1.41 bits per heavy atom. The molecule has 1 N–H and O–H groups in total. The van der Waals surface area contributed by atoms with Gasteiger partial charge in [-0.05, 0) is 38.5 Å². The van der Waals surface area contributed by atoms with E-state index in [2.05, 4.69) is 14.9 Å². The van der Waals surface area contributed by atoms with E-state index in [1.807, 2.05) is 4.90 Å². The lowest BCUT2D eigenvalue weighted by Crippen LogP contribution is -2.46. The Hall–Kier alpha value is -1.69. The Bertz CT molecular complexity index is 669. The molecule has 6 heteroatoms. The number of nitrogens with zero attached hydrogens (tertiary/aromatic N) is 3. The van der Waals surface area contributed by atoms with Crippen molar-refractivity contribution >= 4 is 5.91 Å². The fourth-order valence-corrected chi connectivity index (χ4v) is 4.27. The van der Waals surface area contributed by atoms with E-state index in [4.69, 9.17) is 0 Å². The molecule has 22 heavy (non-hydrogen) atoms. The zero-order valence-corrected chi connectivity index (χ0v) is 13.0. The van der Waals surface area contributed by atoms with Gasteiger partial charge in [0.25, 0.3) is 5.56 Å². The van der Waals surface area contributed by atoms with E-state index >= 15 is 0 Å². The Labute approximate surface area is 129 Å². The zero-order chi connectivity index (χ0) is 15.3. The number of aromatic nitrogens is 2. The molecule has 1 saturated carbocycles. The molecule has 0 spiro atoms. The first-order valence-electron chi connectivity index (χ1n) is 8.20. The van der Waals surface area contributed by atoms with Crippen LogP contribution in [-0.2, 0) is 17.8 Å². The van der Waals surface area contributed by atoms with Gasteiger partial charge in [0.15, 0.2) is 0 Å². The summed E-state index contributed by atoms with van der Waals surface area (Å²) >= 11 is 0. The number of amides is 1. The first-order chi connectivity index (χ1) is 10.6. The summed E-state index contributed by atoms with van der Waals surface area (Å²) in [6.45, 7) is 4.49. The predicted octanol–water partition coefficient (Wildman–Crippen LogP) is 0.447. The Balaban J connectivity index is 1.45. The first-order valence-corrected chi connectivity index (χ1v) is 8.20. The number of carbonyl (C=O) groups excluding carboxylic acids is 1. The van der Waals surface area contributed by atoms with Crippen LogP contribution in [0.15, 0.2) is 4.79 Å². The number of hydrogen-bond acceptors (Lipinski definition) is 4. The normalized spacial score (nSPS) is 27.2. The number of aromatic amines is 1. The average Bonchev–Trinajstić information content (AvgIpc) is 3.09. The standard InChI is InChI=1S/C16H22N4O2/c1-10-17-14-8-19(5-4-13(14)16(22)18-10)15(21)9-20-7-11-2-3-12(20)6-11/h11-12H,2-9H2,1H3,(H,17,18,22)/t11-,12+/m0/s1. The largest absolute Gasteiger partial charge is 0.335 e. The van der Waals surface area contributed by atoms with Gasteiger partial charge >= 0.3 is 0 Å². The third-order valence-electron chi connectivity index (χ3n) is 5.41. The van der Waals surface area contributed by atoms with Crippen molar-refractivity contribution in [3.05, 3.63) is 27.4 Å². The Morgan fingerprint density at radius 3 is 3.00 bits per heavy atom. The van der Waals surface area contributed by atoms with Crippen LogP contribution in [0.1, 0.15) is 36.3 Å². The Kier molecular flexibility index (Phi) is 3.29. The molecule has 1 aromatic heterocycles. The third kappa shape index (κ3) is 2.35. The second kappa shape index (κ2) is 5.19. The van der Waals surface area contributed by atoms with E-state index in [1.165, 1.54) is 19.3 Å². The summed E-state index contributed by atoms with van der Waals surface area (Å²) in [4.78, 5) is 35.9. The van der Waals surface area contributed by atoms with Crippen molar-refractivity contribution in [3.63, 3.8) is 0 Å². The van der Waals surface area contributed by atoms with Crippen molar-refractivity contribution in [2.75, 3.05) is 19.6 Å². The monoisotopic (exact) mass is 302 g/mol. The van der Waals surface area contributed by atoms with Crippen molar-refractivity contribution in [3.8, 4) is 0 Å². The summed E-state index contributed by atoms with van der Waals surface area (Å²) in [6.07, 6.45) is 4.46. The number of H-pyrrole nitrogens is 1. The number of hydrogen-bond donors (Lipinski definition) is 1. The van der Waals surface area contributed by atoms with Crippen molar-refractivity contribution in [1.29, 1.82) is 0 Å². The number of fused-ring (bicyclic) bond motifs is 3. The molecule has 2 atom stereocenters. The van der Waals surface area contributed by atoms with Gasteiger partial charge in [0.1, 0.15) is 5.82 Å². The fourth-order valence-electron chi connectivity index (χ4n) is 4.27. The number of rotatable bonds is 2. The predicted molar refractivity (Wildman–Crippen MR) is 81.4 cm³/mol. The third-order valence-corrected chi connectivity index (χ3v) is 5.41. The molecule has 118 valence electrons. The van der Waals surface area contributed by atoms with Crippen LogP contribution in [0.3, 0.4) is 0 Å². The SMILES string of the molecule is Cc1nc2c(c(=O)[nH]1)CCN(C(=O)CN1C[C@H]3CC[C@@H]1C3)C2. The molecule has 0 unspecified atom stereocenters. The maximum absolute atomic E-state index is 12.6. The summed E-state index contributed by atoms with van der Waals surface area (Å²) in [6, 6.07) is 0.620. The number of carbonyl (C=O) groups is 1. The molecule has 3 aliphatic rings. The van der Waals surface area contributed by atoms with Crippen molar-refractivity contribution in [1.82, 2.24) is 19.8 Å². The molecule has 2 aliphatic heterocycles. The Morgan fingerprint density at radius 2 is 2.27 bits per heavy atom. The molecule has 6 nitrogen and oxygen atoms in total. The number of piperidine rings is 1. The van der Waals surface area contributed by atoms with Crippen molar-refractivity contribution in [2.24, 2.45) is 5.92 Å². The molecule has 1 amide bonds. The number of nitrogens with one attached hydrogen (secondary N) is 1. The summed E-state index contributed by atoms with van der Waals surface area (Å²) in [7, 11) is 0. The minimum Gasteiger partial charge on any atom is -0.335 e. The first kappa shape index (κ1) is 13.9. The fraction of sp³-hybridized carbons (Fsp3) is 0.688. The van der Waals surface area contributed by atoms with E-state index in [1.54, 1.807) is 6.92 Å². The van der Waals surface area contributed by atoms with Gasteiger partial charge in [0, 0.05) is 24.7 Å². The molecular weight excluding hydrogens is 280 g/mol. The van der Waals surface area contributed by atoms with Gasteiger partial charge in [-0.3, -0.25) is 14.5 Å². The van der Waals surface area contributed by atoms with Crippen LogP contribution in [0.5, 0.6) is 0 Å². The van der Waals surface area contributed by atoms with Crippen LogP contribution in [0, 0.1) is 12.8 Å². The summed E-state index contributed by atoms with van der Waals surface area (Å²) < 4.78 is 0. The highest BCUT2D eigenvalue weighted by atomic mass is 16.2.